The SMILES string of the molecule is C/C(=C/CCNC(C)(C)C)c1cccc(Br)c1F. The molecule has 0 unspecified atom stereocenters. The largest absolute Gasteiger partial charge is 0.312 e. The Morgan fingerprint density at radius 2 is 2.06 bits per heavy atom. The lowest BCUT2D eigenvalue weighted by atomic mass is 10.1. The van der Waals surface area contributed by atoms with E-state index in [4.69, 9.17) is 0 Å². The van der Waals surface area contributed by atoms with Crippen LogP contribution in [-0.4, -0.2) is 12.1 Å². The van der Waals surface area contributed by atoms with E-state index in [0.717, 1.165) is 18.5 Å². The van der Waals surface area contributed by atoms with Crippen molar-refractivity contribution in [3.05, 3.63) is 40.1 Å². The van der Waals surface area contributed by atoms with Gasteiger partial charge in [0.15, 0.2) is 0 Å². The van der Waals surface area contributed by atoms with Gasteiger partial charge in [0.05, 0.1) is 4.47 Å². The van der Waals surface area contributed by atoms with Gasteiger partial charge >= 0.3 is 0 Å². The lowest BCUT2D eigenvalue weighted by Gasteiger charge is -2.19. The van der Waals surface area contributed by atoms with Gasteiger partial charge in [-0.25, -0.2) is 4.39 Å². The highest BCUT2D eigenvalue weighted by Crippen LogP contribution is 2.24. The van der Waals surface area contributed by atoms with Crippen molar-refractivity contribution in [2.75, 3.05) is 6.54 Å². The van der Waals surface area contributed by atoms with E-state index in [1.54, 1.807) is 6.07 Å². The summed E-state index contributed by atoms with van der Waals surface area (Å²) in [6.07, 6.45) is 2.97. The second-order valence-corrected chi connectivity index (χ2v) is 6.31. The third-order valence-corrected chi connectivity index (χ3v) is 3.24. The monoisotopic (exact) mass is 313 g/mol. The molecule has 1 rings (SSSR count). The van der Waals surface area contributed by atoms with E-state index in [-0.39, 0.29) is 11.4 Å². The maximum absolute atomic E-state index is 13.8. The normalized spacial score (nSPS) is 12.9. The fourth-order valence-corrected chi connectivity index (χ4v) is 2.02. The summed E-state index contributed by atoms with van der Waals surface area (Å²) in [5.74, 6) is -0.185. The molecule has 0 amide bonds. The van der Waals surface area contributed by atoms with Crippen molar-refractivity contribution in [3.8, 4) is 0 Å². The summed E-state index contributed by atoms with van der Waals surface area (Å²) in [6.45, 7) is 9.26. The highest BCUT2D eigenvalue weighted by Gasteiger charge is 2.08. The van der Waals surface area contributed by atoms with Crippen LogP contribution in [-0.2, 0) is 0 Å². The molecule has 100 valence electrons. The summed E-state index contributed by atoms with van der Waals surface area (Å²) in [6, 6.07) is 5.38. The van der Waals surface area contributed by atoms with E-state index < -0.39 is 0 Å². The van der Waals surface area contributed by atoms with Gasteiger partial charge in [-0.3, -0.25) is 0 Å². The zero-order valence-electron chi connectivity index (χ0n) is 11.5. The number of rotatable bonds is 4. The molecular weight excluding hydrogens is 293 g/mol. The highest BCUT2D eigenvalue weighted by molar-refractivity contribution is 9.10. The minimum atomic E-state index is -0.185. The van der Waals surface area contributed by atoms with Crippen LogP contribution in [0.3, 0.4) is 0 Å². The molecule has 0 aliphatic rings. The predicted octanol–water partition coefficient (Wildman–Crippen LogP) is 4.77. The number of hydrogen-bond acceptors (Lipinski definition) is 1. The first-order valence-electron chi connectivity index (χ1n) is 6.17. The van der Waals surface area contributed by atoms with Crippen molar-refractivity contribution >= 4 is 21.5 Å². The topological polar surface area (TPSA) is 12.0 Å². The lowest BCUT2D eigenvalue weighted by Crippen LogP contribution is -2.36. The molecule has 0 radical (unpaired) electrons. The van der Waals surface area contributed by atoms with Gasteiger partial charge in [0.25, 0.3) is 0 Å². The first kappa shape index (κ1) is 15.4. The minimum absolute atomic E-state index is 0.128. The van der Waals surface area contributed by atoms with Gasteiger partial charge in [-0.1, -0.05) is 18.2 Å². The first-order valence-corrected chi connectivity index (χ1v) is 6.97. The molecule has 1 aromatic rings. The van der Waals surface area contributed by atoms with Crippen LogP contribution >= 0.6 is 15.9 Å². The molecule has 1 nitrogen and oxygen atoms in total. The van der Waals surface area contributed by atoms with Gasteiger partial charge in [0.1, 0.15) is 5.82 Å². The van der Waals surface area contributed by atoms with Crippen LogP contribution in [0, 0.1) is 5.82 Å². The van der Waals surface area contributed by atoms with E-state index in [1.165, 1.54) is 0 Å². The molecule has 0 saturated carbocycles. The quantitative estimate of drug-likeness (QED) is 0.789. The number of hydrogen-bond donors (Lipinski definition) is 1. The number of allylic oxidation sites excluding steroid dienone is 1. The number of halogens is 2. The van der Waals surface area contributed by atoms with Gasteiger partial charge in [0, 0.05) is 11.1 Å². The van der Waals surface area contributed by atoms with Crippen molar-refractivity contribution in [1.29, 1.82) is 0 Å². The van der Waals surface area contributed by atoms with Crippen LogP contribution in [0.5, 0.6) is 0 Å². The maximum atomic E-state index is 13.8. The average molecular weight is 314 g/mol. The van der Waals surface area contributed by atoms with Crippen LogP contribution in [0.2, 0.25) is 0 Å². The van der Waals surface area contributed by atoms with E-state index in [9.17, 15) is 4.39 Å². The molecule has 0 heterocycles. The highest BCUT2D eigenvalue weighted by atomic mass is 79.9. The smallest absolute Gasteiger partial charge is 0.144 e. The molecule has 0 saturated heterocycles. The summed E-state index contributed by atoms with van der Waals surface area (Å²) in [4.78, 5) is 0. The second kappa shape index (κ2) is 6.48. The Kier molecular flexibility index (Phi) is 5.54. The summed E-state index contributed by atoms with van der Waals surface area (Å²) >= 11 is 3.21. The molecule has 0 fully saturated rings. The predicted molar refractivity (Wildman–Crippen MR) is 80.1 cm³/mol. The molecule has 0 aromatic heterocycles. The molecule has 0 atom stereocenters. The van der Waals surface area contributed by atoms with E-state index in [2.05, 4.69) is 48.1 Å². The summed E-state index contributed by atoms with van der Waals surface area (Å²) in [5, 5.41) is 3.41. The number of nitrogens with one attached hydrogen (secondary N) is 1. The summed E-state index contributed by atoms with van der Waals surface area (Å²) in [7, 11) is 0. The zero-order valence-corrected chi connectivity index (χ0v) is 13.1. The van der Waals surface area contributed by atoms with Crippen LogP contribution in [0.1, 0.15) is 39.7 Å². The molecule has 1 aromatic carbocycles. The van der Waals surface area contributed by atoms with E-state index in [0.29, 0.717) is 10.0 Å². The van der Waals surface area contributed by atoms with E-state index >= 15 is 0 Å². The summed E-state index contributed by atoms with van der Waals surface area (Å²) < 4.78 is 14.4. The van der Waals surface area contributed by atoms with Gasteiger partial charge in [-0.05, 0) is 68.2 Å². The van der Waals surface area contributed by atoms with Gasteiger partial charge in [-0.2, -0.15) is 0 Å². The van der Waals surface area contributed by atoms with Gasteiger partial charge in [0.2, 0.25) is 0 Å². The summed E-state index contributed by atoms with van der Waals surface area (Å²) in [5.41, 5.74) is 1.77. The van der Waals surface area contributed by atoms with Crippen molar-refractivity contribution in [1.82, 2.24) is 5.32 Å². The van der Waals surface area contributed by atoms with Crippen molar-refractivity contribution in [2.24, 2.45) is 0 Å². The average Bonchev–Trinajstić information content (AvgIpc) is 2.26. The van der Waals surface area contributed by atoms with E-state index in [1.807, 2.05) is 19.1 Å². The second-order valence-electron chi connectivity index (χ2n) is 5.45. The Balaban J connectivity index is 2.64. The molecular formula is C15H21BrFN. The van der Waals surface area contributed by atoms with Gasteiger partial charge in [-0.15, -0.1) is 0 Å². The number of benzene rings is 1. The Morgan fingerprint density at radius 1 is 1.39 bits per heavy atom. The van der Waals surface area contributed by atoms with Crippen molar-refractivity contribution in [3.63, 3.8) is 0 Å². The molecule has 0 aliphatic carbocycles. The Bertz CT molecular complexity index is 433. The molecule has 0 aliphatic heterocycles. The molecule has 3 heteroatoms. The minimum Gasteiger partial charge on any atom is -0.312 e. The van der Waals surface area contributed by atoms with Crippen molar-refractivity contribution in [2.45, 2.75) is 39.7 Å². The Labute approximate surface area is 118 Å². The maximum Gasteiger partial charge on any atom is 0.144 e. The fraction of sp³-hybridized carbons (Fsp3) is 0.467. The molecule has 0 bridgehead atoms. The van der Waals surface area contributed by atoms with Crippen LogP contribution < -0.4 is 5.32 Å². The Morgan fingerprint density at radius 3 is 2.67 bits per heavy atom. The van der Waals surface area contributed by atoms with Gasteiger partial charge < -0.3 is 5.32 Å². The lowest BCUT2D eigenvalue weighted by molar-refractivity contribution is 0.431. The van der Waals surface area contributed by atoms with Crippen LogP contribution in [0.25, 0.3) is 5.57 Å². The third-order valence-electron chi connectivity index (χ3n) is 2.63. The third kappa shape index (κ3) is 4.91. The molecule has 18 heavy (non-hydrogen) atoms. The van der Waals surface area contributed by atoms with Crippen LogP contribution in [0.15, 0.2) is 28.7 Å². The van der Waals surface area contributed by atoms with Crippen LogP contribution in [0.4, 0.5) is 4.39 Å². The Hall–Kier alpha value is -0.670. The van der Waals surface area contributed by atoms with Crippen molar-refractivity contribution < 1.29 is 4.39 Å². The fourth-order valence-electron chi connectivity index (χ4n) is 1.65. The zero-order chi connectivity index (χ0) is 13.8. The standard InChI is InChI=1S/C15H21BrFN/c1-11(7-6-10-18-15(2,3)4)12-8-5-9-13(16)14(12)17/h5,7-9,18H,6,10H2,1-4H3/b11-7-. The first-order chi connectivity index (χ1) is 8.31. The molecule has 0 spiro atoms. The molecule has 1 N–H and O–H groups in total.